The number of pyridine rings is 1. The van der Waals surface area contributed by atoms with Crippen LogP contribution in [0.2, 0.25) is 0 Å². The number of hydrogen-bond acceptors (Lipinski definition) is 3. The Morgan fingerprint density at radius 1 is 1.44 bits per heavy atom. The van der Waals surface area contributed by atoms with Crippen LogP contribution in [0.25, 0.3) is 0 Å². The minimum atomic E-state index is 0.0853. The summed E-state index contributed by atoms with van der Waals surface area (Å²) in [6.07, 6.45) is 2.43. The van der Waals surface area contributed by atoms with Gasteiger partial charge < -0.3 is 11.1 Å². The molecular formula is C14H23N3O. The van der Waals surface area contributed by atoms with Gasteiger partial charge in [0.05, 0.1) is 12.2 Å². The quantitative estimate of drug-likeness (QED) is 0.774. The first-order valence-electron chi connectivity index (χ1n) is 6.51. The molecule has 3 N–H and O–H groups in total. The van der Waals surface area contributed by atoms with Crippen molar-refractivity contribution in [2.45, 2.75) is 39.7 Å². The number of rotatable bonds is 7. The van der Waals surface area contributed by atoms with Crippen molar-refractivity contribution in [3.63, 3.8) is 0 Å². The molecule has 1 amide bonds. The maximum atomic E-state index is 11.6. The number of carbonyl (C=O) groups is 1. The summed E-state index contributed by atoms with van der Waals surface area (Å²) in [6.45, 7) is 5.27. The van der Waals surface area contributed by atoms with Crippen LogP contribution in [0.15, 0.2) is 18.2 Å². The molecule has 1 heterocycles. The second kappa shape index (κ2) is 7.82. The van der Waals surface area contributed by atoms with Gasteiger partial charge in [-0.2, -0.15) is 0 Å². The first-order chi connectivity index (χ1) is 8.61. The van der Waals surface area contributed by atoms with Crippen molar-refractivity contribution >= 4 is 5.91 Å². The Bertz CT molecular complexity index is 379. The molecule has 0 aromatic carbocycles. The summed E-state index contributed by atoms with van der Waals surface area (Å²) in [5, 5.41) is 2.89. The summed E-state index contributed by atoms with van der Waals surface area (Å²) in [7, 11) is 0. The molecule has 0 saturated heterocycles. The van der Waals surface area contributed by atoms with Crippen molar-refractivity contribution in [3.05, 3.63) is 29.6 Å². The van der Waals surface area contributed by atoms with Gasteiger partial charge in [-0.3, -0.25) is 9.78 Å². The van der Waals surface area contributed by atoms with E-state index in [-0.39, 0.29) is 5.91 Å². The normalized spacial score (nSPS) is 12.2. The molecule has 0 aliphatic heterocycles. The second-order valence-corrected chi connectivity index (χ2v) is 4.77. The summed E-state index contributed by atoms with van der Waals surface area (Å²) in [4.78, 5) is 16.0. The van der Waals surface area contributed by atoms with Crippen LogP contribution in [-0.2, 0) is 11.3 Å². The Morgan fingerprint density at radius 2 is 2.22 bits per heavy atom. The van der Waals surface area contributed by atoms with Crippen molar-refractivity contribution < 1.29 is 4.79 Å². The highest BCUT2D eigenvalue weighted by atomic mass is 16.1. The van der Waals surface area contributed by atoms with Gasteiger partial charge in [0.1, 0.15) is 0 Å². The highest BCUT2D eigenvalue weighted by Crippen LogP contribution is 2.08. The SMILES string of the molecule is Cc1cccc(CNC(=O)CCC(C)CCN)n1. The van der Waals surface area contributed by atoms with E-state index >= 15 is 0 Å². The number of nitrogens with one attached hydrogen (secondary N) is 1. The van der Waals surface area contributed by atoms with Crippen molar-refractivity contribution in [2.75, 3.05) is 6.54 Å². The topological polar surface area (TPSA) is 68.0 Å². The fraction of sp³-hybridized carbons (Fsp3) is 0.571. The van der Waals surface area contributed by atoms with Crippen molar-refractivity contribution in [2.24, 2.45) is 11.7 Å². The molecule has 0 bridgehead atoms. The number of aryl methyl sites for hydroxylation is 1. The van der Waals surface area contributed by atoms with Crippen LogP contribution in [0.5, 0.6) is 0 Å². The van der Waals surface area contributed by atoms with Gasteiger partial charge in [0, 0.05) is 12.1 Å². The second-order valence-electron chi connectivity index (χ2n) is 4.77. The zero-order chi connectivity index (χ0) is 13.4. The molecule has 1 aromatic heterocycles. The van der Waals surface area contributed by atoms with Crippen LogP contribution in [0.4, 0.5) is 0 Å². The molecule has 1 atom stereocenters. The number of aromatic nitrogens is 1. The first kappa shape index (κ1) is 14.6. The highest BCUT2D eigenvalue weighted by Gasteiger charge is 2.06. The fourth-order valence-electron chi connectivity index (χ4n) is 1.78. The Balaban J connectivity index is 2.25. The van der Waals surface area contributed by atoms with Gasteiger partial charge in [0.25, 0.3) is 0 Å². The van der Waals surface area contributed by atoms with E-state index < -0.39 is 0 Å². The van der Waals surface area contributed by atoms with E-state index in [1.807, 2.05) is 25.1 Å². The van der Waals surface area contributed by atoms with Gasteiger partial charge in [-0.1, -0.05) is 13.0 Å². The van der Waals surface area contributed by atoms with Crippen LogP contribution in [0.1, 0.15) is 37.6 Å². The van der Waals surface area contributed by atoms with Crippen molar-refractivity contribution in [3.8, 4) is 0 Å². The number of amides is 1. The Labute approximate surface area is 109 Å². The summed E-state index contributed by atoms with van der Waals surface area (Å²) >= 11 is 0. The van der Waals surface area contributed by atoms with E-state index in [2.05, 4.69) is 17.2 Å². The third-order valence-corrected chi connectivity index (χ3v) is 2.94. The van der Waals surface area contributed by atoms with Crippen LogP contribution in [-0.4, -0.2) is 17.4 Å². The van der Waals surface area contributed by atoms with E-state index in [0.29, 0.717) is 25.4 Å². The van der Waals surface area contributed by atoms with Crippen LogP contribution in [0, 0.1) is 12.8 Å². The Morgan fingerprint density at radius 3 is 2.89 bits per heavy atom. The lowest BCUT2D eigenvalue weighted by Gasteiger charge is -2.09. The predicted molar refractivity (Wildman–Crippen MR) is 72.9 cm³/mol. The predicted octanol–water partition coefficient (Wildman–Crippen LogP) is 1.77. The lowest BCUT2D eigenvalue weighted by molar-refractivity contribution is -0.121. The average Bonchev–Trinajstić information content (AvgIpc) is 2.34. The largest absolute Gasteiger partial charge is 0.350 e. The molecule has 0 radical (unpaired) electrons. The van der Waals surface area contributed by atoms with Crippen LogP contribution < -0.4 is 11.1 Å². The van der Waals surface area contributed by atoms with Crippen molar-refractivity contribution in [1.82, 2.24) is 10.3 Å². The molecule has 4 nitrogen and oxygen atoms in total. The highest BCUT2D eigenvalue weighted by molar-refractivity contribution is 5.75. The van der Waals surface area contributed by atoms with Crippen molar-refractivity contribution in [1.29, 1.82) is 0 Å². The van der Waals surface area contributed by atoms with E-state index in [1.54, 1.807) is 0 Å². The van der Waals surface area contributed by atoms with Gasteiger partial charge in [-0.15, -0.1) is 0 Å². The average molecular weight is 249 g/mol. The molecule has 18 heavy (non-hydrogen) atoms. The Kier molecular flexibility index (Phi) is 6.36. The molecule has 1 unspecified atom stereocenters. The van der Waals surface area contributed by atoms with E-state index in [4.69, 9.17) is 5.73 Å². The molecule has 0 saturated carbocycles. The summed E-state index contributed by atoms with van der Waals surface area (Å²) in [5.41, 5.74) is 7.35. The molecule has 4 heteroatoms. The standard InChI is InChI=1S/C14H23N3O/c1-11(8-9-15)6-7-14(18)16-10-13-5-3-4-12(2)17-13/h3-5,11H,6-10,15H2,1-2H3,(H,16,18). The first-order valence-corrected chi connectivity index (χ1v) is 6.51. The molecule has 100 valence electrons. The van der Waals surface area contributed by atoms with Crippen LogP contribution in [0.3, 0.4) is 0 Å². The maximum absolute atomic E-state index is 11.6. The van der Waals surface area contributed by atoms with Gasteiger partial charge in [0.2, 0.25) is 5.91 Å². The summed E-state index contributed by atoms with van der Waals surface area (Å²) in [6, 6.07) is 5.82. The van der Waals surface area contributed by atoms with Gasteiger partial charge >= 0.3 is 0 Å². The Hall–Kier alpha value is -1.42. The fourth-order valence-corrected chi connectivity index (χ4v) is 1.78. The lowest BCUT2D eigenvalue weighted by atomic mass is 10.0. The minimum absolute atomic E-state index is 0.0853. The maximum Gasteiger partial charge on any atom is 0.220 e. The molecule has 1 aromatic rings. The number of carbonyl (C=O) groups excluding carboxylic acids is 1. The summed E-state index contributed by atoms with van der Waals surface area (Å²) < 4.78 is 0. The summed E-state index contributed by atoms with van der Waals surface area (Å²) in [5.74, 6) is 0.597. The zero-order valence-corrected chi connectivity index (χ0v) is 11.3. The van der Waals surface area contributed by atoms with Gasteiger partial charge in [-0.25, -0.2) is 0 Å². The molecule has 0 aliphatic carbocycles. The van der Waals surface area contributed by atoms with Gasteiger partial charge in [0.15, 0.2) is 0 Å². The number of hydrogen-bond donors (Lipinski definition) is 2. The number of nitrogens with two attached hydrogens (primary N) is 1. The third kappa shape index (κ3) is 5.77. The molecule has 0 fully saturated rings. The van der Waals surface area contributed by atoms with E-state index in [9.17, 15) is 4.79 Å². The van der Waals surface area contributed by atoms with E-state index in [1.165, 1.54) is 0 Å². The van der Waals surface area contributed by atoms with Gasteiger partial charge in [-0.05, 0) is 44.4 Å². The van der Waals surface area contributed by atoms with Crippen LogP contribution >= 0.6 is 0 Å². The van der Waals surface area contributed by atoms with E-state index in [0.717, 1.165) is 24.2 Å². The lowest BCUT2D eigenvalue weighted by Crippen LogP contribution is -2.23. The number of nitrogens with zero attached hydrogens (tertiary/aromatic N) is 1. The monoisotopic (exact) mass is 249 g/mol. The molecule has 0 aliphatic rings. The third-order valence-electron chi connectivity index (χ3n) is 2.94. The molecular weight excluding hydrogens is 226 g/mol. The zero-order valence-electron chi connectivity index (χ0n) is 11.3. The smallest absolute Gasteiger partial charge is 0.220 e. The minimum Gasteiger partial charge on any atom is -0.350 e. The molecule has 0 spiro atoms. The molecule has 1 rings (SSSR count).